The summed E-state index contributed by atoms with van der Waals surface area (Å²) in [5.41, 5.74) is 5.34. The van der Waals surface area contributed by atoms with Crippen LogP contribution in [-0.2, 0) is 6.42 Å². The van der Waals surface area contributed by atoms with Gasteiger partial charge in [-0.1, -0.05) is 49.6 Å². The molecule has 0 aliphatic carbocycles. The number of halogens is 1. The molecule has 0 aliphatic rings. The molecule has 0 aromatic heterocycles. The van der Waals surface area contributed by atoms with Crippen LogP contribution in [0.2, 0.25) is 0 Å². The maximum absolute atomic E-state index is 3.86. The molecule has 1 nitrogen and oxygen atoms in total. The minimum Gasteiger partial charge on any atom is -1.00 e. The van der Waals surface area contributed by atoms with Crippen LogP contribution < -0.4 is 22.7 Å². The predicted molar refractivity (Wildman–Crippen MR) is 65.6 cm³/mol. The monoisotopic (exact) mass is 285 g/mol. The van der Waals surface area contributed by atoms with Crippen LogP contribution >= 0.6 is 0 Å². The molecule has 0 spiro atoms. The highest BCUT2D eigenvalue weighted by atomic mass is 79.9. The summed E-state index contributed by atoms with van der Waals surface area (Å²) >= 11 is 0. The Morgan fingerprint density at radius 3 is 1.94 bits per heavy atom. The molecule has 16 heavy (non-hydrogen) atoms. The van der Waals surface area contributed by atoms with Gasteiger partial charge in [-0.05, 0) is 31.2 Å². The van der Waals surface area contributed by atoms with Crippen LogP contribution in [-0.4, -0.2) is 6.54 Å². The molecule has 0 fully saturated rings. The molecule has 1 rings (SSSR count). The number of hydrogen-bond acceptors (Lipinski definition) is 0. The molecule has 0 saturated carbocycles. The maximum Gasteiger partial charge on any atom is 0.0739 e. The topological polar surface area (TPSA) is 27.6 Å². The molecule has 0 unspecified atom stereocenters. The van der Waals surface area contributed by atoms with Gasteiger partial charge in [-0.15, -0.1) is 0 Å². The Labute approximate surface area is 110 Å². The second-order valence-corrected chi connectivity index (χ2v) is 4.21. The van der Waals surface area contributed by atoms with Gasteiger partial charge in [-0.3, -0.25) is 0 Å². The minimum atomic E-state index is 0. The highest BCUT2D eigenvalue weighted by molar-refractivity contribution is 5.14. The first kappa shape index (κ1) is 15.7. The van der Waals surface area contributed by atoms with Crippen LogP contribution in [0.4, 0.5) is 0 Å². The van der Waals surface area contributed by atoms with E-state index in [2.05, 4.69) is 36.1 Å². The zero-order chi connectivity index (χ0) is 10.8. The molecule has 1 aromatic carbocycles. The summed E-state index contributed by atoms with van der Waals surface area (Å²) in [6, 6.07) is 10.8. The highest BCUT2D eigenvalue weighted by Crippen LogP contribution is 2.09. The number of hydrogen-bond donors (Lipinski definition) is 1. The summed E-state index contributed by atoms with van der Waals surface area (Å²) in [7, 11) is 0. The number of aryl methyl sites for hydroxylation is 1. The van der Waals surface area contributed by atoms with E-state index in [1.54, 1.807) is 0 Å². The minimum absolute atomic E-state index is 0. The lowest BCUT2D eigenvalue weighted by molar-refractivity contribution is -0.368. The van der Waals surface area contributed by atoms with E-state index in [-0.39, 0.29) is 17.0 Å². The van der Waals surface area contributed by atoms with Gasteiger partial charge < -0.3 is 22.7 Å². The van der Waals surface area contributed by atoms with Crippen LogP contribution in [0.1, 0.15) is 44.1 Å². The Bertz CT molecular complexity index is 236. The van der Waals surface area contributed by atoms with Crippen molar-refractivity contribution in [3.8, 4) is 0 Å². The summed E-state index contributed by atoms with van der Waals surface area (Å²) in [4.78, 5) is 0. The lowest BCUT2D eigenvalue weighted by Gasteiger charge is -2.01. The summed E-state index contributed by atoms with van der Waals surface area (Å²) < 4.78 is 0. The maximum atomic E-state index is 3.86. The van der Waals surface area contributed by atoms with E-state index in [1.165, 1.54) is 50.5 Å². The Kier molecular flexibility index (Phi) is 10.9. The molecular weight excluding hydrogens is 262 g/mol. The summed E-state index contributed by atoms with van der Waals surface area (Å²) in [6.07, 6.45) is 9.43. The fraction of sp³-hybridized carbons (Fsp3) is 0.571. The van der Waals surface area contributed by atoms with Crippen molar-refractivity contribution in [3.05, 3.63) is 35.9 Å². The van der Waals surface area contributed by atoms with Gasteiger partial charge in [0, 0.05) is 0 Å². The molecule has 1 aromatic rings. The number of benzene rings is 1. The van der Waals surface area contributed by atoms with E-state index in [1.807, 2.05) is 0 Å². The van der Waals surface area contributed by atoms with Crippen LogP contribution in [0.3, 0.4) is 0 Å². The smallest absolute Gasteiger partial charge is 0.0739 e. The van der Waals surface area contributed by atoms with Gasteiger partial charge in [-0.25, -0.2) is 0 Å². The van der Waals surface area contributed by atoms with Gasteiger partial charge in [-0.2, -0.15) is 0 Å². The van der Waals surface area contributed by atoms with E-state index in [9.17, 15) is 0 Å². The van der Waals surface area contributed by atoms with Crippen LogP contribution in [0.25, 0.3) is 0 Å². The largest absolute Gasteiger partial charge is 1.00 e. The van der Waals surface area contributed by atoms with Gasteiger partial charge in [0.15, 0.2) is 0 Å². The third-order valence-corrected chi connectivity index (χ3v) is 2.81. The molecule has 3 N–H and O–H groups in total. The number of quaternary nitrogens is 1. The first-order valence-corrected chi connectivity index (χ1v) is 6.26. The summed E-state index contributed by atoms with van der Waals surface area (Å²) in [6.45, 7) is 1.10. The lowest BCUT2D eigenvalue weighted by atomic mass is 10.1. The first-order valence-electron chi connectivity index (χ1n) is 6.26. The second kappa shape index (κ2) is 11.2. The zero-order valence-corrected chi connectivity index (χ0v) is 11.7. The van der Waals surface area contributed by atoms with Crippen molar-refractivity contribution in [1.82, 2.24) is 0 Å². The first-order chi connectivity index (χ1) is 7.43. The van der Waals surface area contributed by atoms with Gasteiger partial charge >= 0.3 is 0 Å². The highest BCUT2D eigenvalue weighted by Gasteiger charge is 1.93. The Balaban J connectivity index is 0.00000225. The van der Waals surface area contributed by atoms with E-state index < -0.39 is 0 Å². The number of rotatable bonds is 8. The quantitative estimate of drug-likeness (QED) is 0.642. The third-order valence-electron chi connectivity index (χ3n) is 2.81. The fourth-order valence-corrected chi connectivity index (χ4v) is 1.86. The summed E-state index contributed by atoms with van der Waals surface area (Å²) in [5, 5.41) is 0. The zero-order valence-electron chi connectivity index (χ0n) is 10.1. The molecule has 0 radical (unpaired) electrons. The van der Waals surface area contributed by atoms with Crippen molar-refractivity contribution < 1.29 is 22.7 Å². The molecular formula is C14H24BrN. The van der Waals surface area contributed by atoms with E-state index in [0.29, 0.717) is 0 Å². The molecule has 92 valence electrons. The molecule has 0 heterocycles. The second-order valence-electron chi connectivity index (χ2n) is 4.21. The molecule has 0 saturated heterocycles. The van der Waals surface area contributed by atoms with Gasteiger partial charge in [0.25, 0.3) is 0 Å². The van der Waals surface area contributed by atoms with Crippen molar-refractivity contribution in [2.75, 3.05) is 6.54 Å². The standard InChI is InChI=1S/C14H23N.BrH/c15-13-9-4-2-1-3-6-10-14-11-7-5-8-12-14;/h5,7-8,11-12H,1-4,6,9-10,13,15H2;1H. The van der Waals surface area contributed by atoms with Crippen molar-refractivity contribution in [2.24, 2.45) is 0 Å². The van der Waals surface area contributed by atoms with Crippen LogP contribution in [0.15, 0.2) is 30.3 Å². The van der Waals surface area contributed by atoms with E-state index in [0.717, 1.165) is 6.54 Å². The third kappa shape index (κ3) is 7.89. The molecule has 0 atom stereocenters. The predicted octanol–water partition coefficient (Wildman–Crippen LogP) is -0.184. The van der Waals surface area contributed by atoms with Crippen molar-refractivity contribution in [2.45, 2.75) is 44.9 Å². The van der Waals surface area contributed by atoms with Crippen molar-refractivity contribution in [3.63, 3.8) is 0 Å². The molecule has 0 amide bonds. The SMILES string of the molecule is [Br-].[NH3+]CCCCCCCCc1ccccc1. The van der Waals surface area contributed by atoms with Gasteiger partial charge in [0.2, 0.25) is 0 Å². The van der Waals surface area contributed by atoms with E-state index >= 15 is 0 Å². The summed E-state index contributed by atoms with van der Waals surface area (Å²) in [5.74, 6) is 0. The number of unbranched alkanes of at least 4 members (excludes halogenated alkanes) is 5. The lowest BCUT2D eigenvalue weighted by Crippen LogP contribution is -3.00. The van der Waals surface area contributed by atoms with Gasteiger partial charge in [0.1, 0.15) is 0 Å². The van der Waals surface area contributed by atoms with Gasteiger partial charge in [0.05, 0.1) is 6.54 Å². The van der Waals surface area contributed by atoms with Crippen LogP contribution in [0, 0.1) is 0 Å². The molecule has 0 bridgehead atoms. The van der Waals surface area contributed by atoms with Crippen LogP contribution in [0.5, 0.6) is 0 Å². The molecule has 2 heteroatoms. The van der Waals surface area contributed by atoms with Crippen molar-refractivity contribution >= 4 is 0 Å². The Morgan fingerprint density at radius 1 is 0.750 bits per heavy atom. The molecule has 0 aliphatic heterocycles. The normalized spacial score (nSPS) is 9.81. The van der Waals surface area contributed by atoms with Crippen molar-refractivity contribution in [1.29, 1.82) is 0 Å². The average molecular weight is 286 g/mol. The Morgan fingerprint density at radius 2 is 1.31 bits per heavy atom. The van der Waals surface area contributed by atoms with E-state index in [4.69, 9.17) is 0 Å². The Hall–Kier alpha value is -0.340. The fourth-order valence-electron chi connectivity index (χ4n) is 1.86. The average Bonchev–Trinajstić information content (AvgIpc) is 2.29.